The number of nitro groups is 1. The van der Waals surface area contributed by atoms with E-state index >= 15 is 0 Å². The number of hydrogen-bond donors (Lipinski definition) is 1. The van der Waals surface area contributed by atoms with Gasteiger partial charge in [0.2, 0.25) is 0 Å². The summed E-state index contributed by atoms with van der Waals surface area (Å²) in [6.45, 7) is 1.73. The van der Waals surface area contributed by atoms with E-state index in [4.69, 9.17) is 16.3 Å². The first-order valence-corrected chi connectivity index (χ1v) is 8.73. The molecule has 3 aromatic rings. The summed E-state index contributed by atoms with van der Waals surface area (Å²) in [5.74, 6) is 0.473. The number of nitrogens with zero attached hydrogens (tertiary/aromatic N) is 3. The average molecular weight is 393 g/mol. The standard InChI is InChI=1S/C20H13ClN4O3/c1-11-12(10-22)8-17-19(23-11)16-9-15(25(26)27)6-7-18(16)28-20(17)24-14-4-2-13(21)3-5-14/h2-9,20,24H,1H3/t20-/m0/s1. The number of hydrogen-bond acceptors (Lipinski definition) is 6. The van der Waals surface area contributed by atoms with E-state index in [0.29, 0.717) is 38.9 Å². The minimum absolute atomic E-state index is 0.0544. The number of fused-ring (bicyclic) bond motifs is 3. The molecule has 1 aliphatic heterocycles. The van der Waals surface area contributed by atoms with Gasteiger partial charge in [0.1, 0.15) is 11.8 Å². The fraction of sp³-hybridized carbons (Fsp3) is 0.100. The molecule has 0 saturated carbocycles. The third-order valence-electron chi connectivity index (χ3n) is 4.46. The van der Waals surface area contributed by atoms with Crippen molar-refractivity contribution in [3.05, 3.63) is 80.5 Å². The van der Waals surface area contributed by atoms with Crippen LogP contribution in [0.25, 0.3) is 11.3 Å². The van der Waals surface area contributed by atoms with E-state index in [0.717, 1.165) is 5.69 Å². The quantitative estimate of drug-likeness (QED) is 0.497. The summed E-state index contributed by atoms with van der Waals surface area (Å²) in [6.07, 6.45) is -0.620. The van der Waals surface area contributed by atoms with E-state index in [9.17, 15) is 15.4 Å². The Morgan fingerprint density at radius 2 is 2.00 bits per heavy atom. The number of rotatable bonds is 3. The Balaban J connectivity index is 1.85. The molecule has 0 fully saturated rings. The van der Waals surface area contributed by atoms with Crippen molar-refractivity contribution >= 4 is 23.0 Å². The molecule has 0 unspecified atom stereocenters. The topological polar surface area (TPSA) is 101 Å². The van der Waals surface area contributed by atoms with Gasteiger partial charge in [0.15, 0.2) is 6.23 Å². The van der Waals surface area contributed by atoms with Crippen molar-refractivity contribution in [3.63, 3.8) is 0 Å². The first kappa shape index (κ1) is 17.8. The third-order valence-corrected chi connectivity index (χ3v) is 4.71. The van der Waals surface area contributed by atoms with Gasteiger partial charge in [0.05, 0.1) is 21.9 Å². The second-order valence-electron chi connectivity index (χ2n) is 6.26. The molecule has 1 aliphatic rings. The summed E-state index contributed by atoms with van der Waals surface area (Å²) in [5, 5.41) is 24.4. The Kier molecular flexibility index (Phi) is 4.34. The van der Waals surface area contributed by atoms with Crippen molar-refractivity contribution in [3.8, 4) is 23.1 Å². The average Bonchev–Trinajstić information content (AvgIpc) is 2.69. The molecular weight excluding hydrogens is 380 g/mol. The zero-order chi connectivity index (χ0) is 19.8. The highest BCUT2D eigenvalue weighted by molar-refractivity contribution is 6.30. The van der Waals surface area contributed by atoms with E-state index in [2.05, 4.69) is 16.4 Å². The normalized spacial score (nSPS) is 14.2. The van der Waals surface area contributed by atoms with Crippen LogP contribution in [0.2, 0.25) is 5.02 Å². The minimum atomic E-state index is -0.620. The number of nitriles is 1. The second-order valence-corrected chi connectivity index (χ2v) is 6.69. The monoisotopic (exact) mass is 392 g/mol. The summed E-state index contributed by atoms with van der Waals surface area (Å²) in [7, 11) is 0. The van der Waals surface area contributed by atoms with Crippen molar-refractivity contribution in [2.75, 3.05) is 5.32 Å². The van der Waals surface area contributed by atoms with Crippen molar-refractivity contribution < 1.29 is 9.66 Å². The molecular formula is C20H13ClN4O3. The maximum atomic E-state index is 11.2. The highest BCUT2D eigenvalue weighted by atomic mass is 35.5. The number of aromatic nitrogens is 1. The van der Waals surface area contributed by atoms with Crippen LogP contribution in [0, 0.1) is 28.4 Å². The molecule has 2 heterocycles. The number of anilines is 1. The molecule has 0 aliphatic carbocycles. The lowest BCUT2D eigenvalue weighted by molar-refractivity contribution is -0.384. The number of nitro benzene ring substituents is 1. The number of aryl methyl sites for hydroxylation is 1. The smallest absolute Gasteiger partial charge is 0.270 e. The van der Waals surface area contributed by atoms with Gasteiger partial charge >= 0.3 is 0 Å². The molecule has 0 bridgehead atoms. The zero-order valence-corrected chi connectivity index (χ0v) is 15.4. The summed E-state index contributed by atoms with van der Waals surface area (Å²) in [4.78, 5) is 15.3. The van der Waals surface area contributed by atoms with Crippen molar-refractivity contribution in [1.82, 2.24) is 4.98 Å². The van der Waals surface area contributed by atoms with Crippen LogP contribution < -0.4 is 10.1 Å². The van der Waals surface area contributed by atoms with Gasteiger partial charge in [-0.3, -0.25) is 15.1 Å². The lowest BCUT2D eigenvalue weighted by Gasteiger charge is -2.29. The van der Waals surface area contributed by atoms with E-state index in [1.54, 1.807) is 31.2 Å². The fourth-order valence-electron chi connectivity index (χ4n) is 3.06. The predicted molar refractivity (Wildman–Crippen MR) is 104 cm³/mol. The predicted octanol–water partition coefficient (Wildman–Crippen LogP) is 4.99. The van der Waals surface area contributed by atoms with Crippen molar-refractivity contribution in [2.45, 2.75) is 13.2 Å². The number of ether oxygens (including phenoxy) is 1. The summed E-state index contributed by atoms with van der Waals surface area (Å²) in [6, 6.07) is 15.3. The summed E-state index contributed by atoms with van der Waals surface area (Å²) >= 11 is 5.94. The minimum Gasteiger partial charge on any atom is -0.466 e. The lowest BCUT2D eigenvalue weighted by atomic mass is 9.97. The number of halogens is 1. The molecule has 0 radical (unpaired) electrons. The first-order chi connectivity index (χ1) is 13.5. The molecule has 0 amide bonds. The molecule has 1 aromatic heterocycles. The van der Waals surface area contributed by atoms with E-state index in [1.807, 2.05) is 12.1 Å². The molecule has 8 heteroatoms. The highest BCUT2D eigenvalue weighted by Crippen LogP contribution is 2.43. The Bertz CT molecular complexity index is 1140. The van der Waals surface area contributed by atoms with Gasteiger partial charge < -0.3 is 10.1 Å². The van der Waals surface area contributed by atoms with Gasteiger partial charge in [-0.15, -0.1) is 0 Å². The van der Waals surface area contributed by atoms with Crippen LogP contribution in [0.5, 0.6) is 5.75 Å². The van der Waals surface area contributed by atoms with E-state index in [1.165, 1.54) is 12.1 Å². The van der Waals surface area contributed by atoms with Gasteiger partial charge in [0, 0.05) is 34.0 Å². The molecule has 4 rings (SSSR count). The molecule has 0 spiro atoms. The molecule has 0 saturated heterocycles. The van der Waals surface area contributed by atoms with Crippen LogP contribution in [0.4, 0.5) is 11.4 Å². The number of pyridine rings is 1. The Morgan fingerprint density at radius 3 is 2.68 bits per heavy atom. The van der Waals surface area contributed by atoms with Crippen molar-refractivity contribution in [1.29, 1.82) is 5.26 Å². The molecule has 1 atom stereocenters. The van der Waals surface area contributed by atoms with Gasteiger partial charge in [-0.05, 0) is 43.3 Å². The Labute approximate surface area is 165 Å². The molecule has 138 valence electrons. The highest BCUT2D eigenvalue weighted by Gasteiger charge is 2.30. The van der Waals surface area contributed by atoms with Crippen LogP contribution in [0.1, 0.15) is 23.0 Å². The van der Waals surface area contributed by atoms with Crippen LogP contribution >= 0.6 is 11.6 Å². The maximum absolute atomic E-state index is 11.2. The van der Waals surface area contributed by atoms with Gasteiger partial charge in [0.25, 0.3) is 5.69 Å². The lowest BCUT2D eigenvalue weighted by Crippen LogP contribution is -2.23. The summed E-state index contributed by atoms with van der Waals surface area (Å²) < 4.78 is 6.05. The Morgan fingerprint density at radius 1 is 1.25 bits per heavy atom. The molecule has 7 nitrogen and oxygen atoms in total. The third kappa shape index (κ3) is 3.10. The molecule has 28 heavy (non-hydrogen) atoms. The number of benzene rings is 2. The van der Waals surface area contributed by atoms with Crippen LogP contribution in [0.3, 0.4) is 0 Å². The van der Waals surface area contributed by atoms with Gasteiger partial charge in [-0.2, -0.15) is 5.26 Å². The largest absolute Gasteiger partial charge is 0.466 e. The fourth-order valence-corrected chi connectivity index (χ4v) is 3.19. The second kappa shape index (κ2) is 6.83. The van der Waals surface area contributed by atoms with E-state index in [-0.39, 0.29) is 5.69 Å². The van der Waals surface area contributed by atoms with Gasteiger partial charge in [-0.25, -0.2) is 0 Å². The Hall–Kier alpha value is -3.63. The SMILES string of the molecule is Cc1nc2c(cc1C#N)[C@@H](Nc1ccc(Cl)cc1)Oc1ccc([N+](=O)[O-])cc1-2. The number of non-ortho nitro benzene ring substituents is 1. The van der Waals surface area contributed by atoms with Crippen LogP contribution in [0.15, 0.2) is 48.5 Å². The molecule has 1 N–H and O–H groups in total. The van der Waals surface area contributed by atoms with Crippen molar-refractivity contribution in [2.24, 2.45) is 0 Å². The zero-order valence-electron chi connectivity index (χ0n) is 14.6. The summed E-state index contributed by atoms with van der Waals surface area (Å²) in [5.41, 5.74) is 3.37. The molecule has 2 aromatic carbocycles. The van der Waals surface area contributed by atoms with Gasteiger partial charge in [-0.1, -0.05) is 11.6 Å². The number of nitrogens with one attached hydrogen (secondary N) is 1. The van der Waals surface area contributed by atoms with Crippen LogP contribution in [-0.4, -0.2) is 9.91 Å². The van der Waals surface area contributed by atoms with E-state index < -0.39 is 11.2 Å². The maximum Gasteiger partial charge on any atom is 0.270 e. The van der Waals surface area contributed by atoms with Crippen LogP contribution in [-0.2, 0) is 0 Å². The first-order valence-electron chi connectivity index (χ1n) is 8.35.